The van der Waals surface area contributed by atoms with Gasteiger partial charge >= 0.3 is 0 Å². The molecule has 0 aliphatic rings. The summed E-state index contributed by atoms with van der Waals surface area (Å²) >= 11 is 1.51. The van der Waals surface area contributed by atoms with E-state index in [0.29, 0.717) is 24.9 Å². The van der Waals surface area contributed by atoms with Gasteiger partial charge in [-0.05, 0) is 25.1 Å². The fourth-order valence-corrected chi connectivity index (χ4v) is 2.53. The summed E-state index contributed by atoms with van der Waals surface area (Å²) in [5.74, 6) is 7.41. The quantitative estimate of drug-likeness (QED) is 0.462. The molecule has 112 valence electrons. The van der Waals surface area contributed by atoms with Crippen LogP contribution in [0.15, 0.2) is 40.3 Å². The van der Waals surface area contributed by atoms with Crippen LogP contribution in [0.1, 0.15) is 12.7 Å². The summed E-state index contributed by atoms with van der Waals surface area (Å²) in [6.07, 6.45) is 0. The van der Waals surface area contributed by atoms with E-state index in [4.69, 9.17) is 15.3 Å². The zero-order chi connectivity index (χ0) is 15.1. The van der Waals surface area contributed by atoms with Crippen molar-refractivity contribution >= 4 is 17.6 Å². The number of ether oxygens (including phenoxy) is 2. The highest BCUT2D eigenvalue weighted by Crippen LogP contribution is 2.29. The molecule has 0 saturated heterocycles. The first-order valence-corrected chi connectivity index (χ1v) is 7.31. The van der Waals surface area contributed by atoms with Crippen LogP contribution >= 0.6 is 11.8 Å². The lowest BCUT2D eigenvalue weighted by atomic mass is 10.3. The second-order valence-electron chi connectivity index (χ2n) is 4.07. The molecule has 0 spiro atoms. The maximum atomic E-state index is 5.44. The first-order chi connectivity index (χ1) is 10.2. The van der Waals surface area contributed by atoms with E-state index >= 15 is 0 Å². The number of nitrogen functional groups attached to an aromatic ring is 1. The lowest BCUT2D eigenvalue weighted by Crippen LogP contribution is -2.11. The van der Waals surface area contributed by atoms with E-state index in [2.05, 4.69) is 15.4 Å². The molecule has 0 fully saturated rings. The number of hydrogen-bond acceptors (Lipinski definition) is 7. The molecule has 0 amide bonds. The average molecular weight is 306 g/mol. The minimum atomic E-state index is 0.359. The number of methoxy groups -OCH3 is 1. The number of rotatable bonds is 7. The van der Waals surface area contributed by atoms with Gasteiger partial charge in [0, 0.05) is 17.6 Å². The maximum absolute atomic E-state index is 5.44. The van der Waals surface area contributed by atoms with Crippen molar-refractivity contribution in [2.24, 2.45) is 5.84 Å². The highest BCUT2D eigenvalue weighted by molar-refractivity contribution is 7.99. The van der Waals surface area contributed by atoms with E-state index in [0.717, 1.165) is 15.7 Å². The smallest absolute Gasteiger partial charge is 0.157 e. The van der Waals surface area contributed by atoms with Crippen LogP contribution in [0.2, 0.25) is 0 Å². The molecule has 2 rings (SSSR count). The summed E-state index contributed by atoms with van der Waals surface area (Å²) in [5.41, 5.74) is 2.55. The van der Waals surface area contributed by atoms with Crippen LogP contribution in [0.4, 0.5) is 5.82 Å². The molecule has 0 radical (unpaired) electrons. The lowest BCUT2D eigenvalue weighted by molar-refractivity contribution is 0.128. The number of hydrazine groups is 1. The fraction of sp³-hybridized carbons (Fsp3) is 0.286. The summed E-state index contributed by atoms with van der Waals surface area (Å²) in [6.45, 7) is 2.90. The van der Waals surface area contributed by atoms with Crippen LogP contribution in [-0.4, -0.2) is 23.7 Å². The van der Waals surface area contributed by atoms with E-state index in [1.807, 2.05) is 31.2 Å². The molecule has 1 heterocycles. The van der Waals surface area contributed by atoms with E-state index in [1.165, 1.54) is 11.8 Å². The summed E-state index contributed by atoms with van der Waals surface area (Å²) < 4.78 is 10.6. The van der Waals surface area contributed by atoms with Gasteiger partial charge in [0.1, 0.15) is 23.2 Å². The van der Waals surface area contributed by atoms with Gasteiger partial charge in [-0.3, -0.25) is 0 Å². The van der Waals surface area contributed by atoms with Gasteiger partial charge in [0.15, 0.2) is 5.82 Å². The second-order valence-corrected chi connectivity index (χ2v) is 5.16. The van der Waals surface area contributed by atoms with Crippen LogP contribution in [0.3, 0.4) is 0 Å². The van der Waals surface area contributed by atoms with Gasteiger partial charge in [-0.1, -0.05) is 17.8 Å². The van der Waals surface area contributed by atoms with Crippen LogP contribution in [0, 0.1) is 0 Å². The average Bonchev–Trinajstić information content (AvgIpc) is 2.52. The Hall–Kier alpha value is -1.83. The van der Waals surface area contributed by atoms with Crippen molar-refractivity contribution in [3.8, 4) is 5.75 Å². The Kier molecular flexibility index (Phi) is 5.79. The van der Waals surface area contributed by atoms with Gasteiger partial charge < -0.3 is 14.9 Å². The molecule has 0 unspecified atom stereocenters. The van der Waals surface area contributed by atoms with Gasteiger partial charge in [-0.2, -0.15) is 0 Å². The predicted molar refractivity (Wildman–Crippen MR) is 82.3 cm³/mol. The minimum absolute atomic E-state index is 0.359. The lowest BCUT2D eigenvalue weighted by Gasteiger charge is -2.08. The highest BCUT2D eigenvalue weighted by Gasteiger charge is 2.07. The fourth-order valence-electron chi connectivity index (χ4n) is 1.64. The van der Waals surface area contributed by atoms with E-state index in [9.17, 15) is 0 Å². The molecular formula is C14H18N4O2S. The Morgan fingerprint density at radius 2 is 2.14 bits per heavy atom. The largest absolute Gasteiger partial charge is 0.497 e. The van der Waals surface area contributed by atoms with Gasteiger partial charge in [-0.25, -0.2) is 15.8 Å². The molecule has 7 heteroatoms. The van der Waals surface area contributed by atoms with Crippen molar-refractivity contribution in [2.75, 3.05) is 19.1 Å². The summed E-state index contributed by atoms with van der Waals surface area (Å²) in [7, 11) is 1.64. The topological polar surface area (TPSA) is 82.3 Å². The first-order valence-electron chi connectivity index (χ1n) is 6.49. The predicted octanol–water partition coefficient (Wildman–Crippen LogP) is 2.46. The van der Waals surface area contributed by atoms with E-state index < -0.39 is 0 Å². The number of anilines is 1. The third-order valence-electron chi connectivity index (χ3n) is 2.60. The third-order valence-corrected chi connectivity index (χ3v) is 3.50. The normalized spacial score (nSPS) is 10.4. The van der Waals surface area contributed by atoms with E-state index in [1.54, 1.807) is 13.2 Å². The molecule has 2 aromatic rings. The van der Waals surface area contributed by atoms with Crippen molar-refractivity contribution in [1.82, 2.24) is 9.97 Å². The van der Waals surface area contributed by atoms with Crippen molar-refractivity contribution in [3.05, 3.63) is 36.2 Å². The molecule has 3 N–H and O–H groups in total. The Bertz CT molecular complexity index is 595. The standard InChI is InChI=1S/C14H18N4O2S/c1-3-20-9-13-16-12(18-15)8-14(17-13)21-11-6-4-5-10(7-11)19-2/h4-8H,3,9,15H2,1-2H3,(H,16,17,18). The van der Waals surface area contributed by atoms with Crippen LogP contribution in [0.5, 0.6) is 5.75 Å². The Morgan fingerprint density at radius 1 is 1.29 bits per heavy atom. The SMILES string of the molecule is CCOCc1nc(NN)cc(Sc2cccc(OC)c2)n1. The Balaban J connectivity index is 2.21. The number of nitrogens with one attached hydrogen (secondary N) is 1. The molecular weight excluding hydrogens is 288 g/mol. The zero-order valence-corrected chi connectivity index (χ0v) is 12.8. The zero-order valence-electron chi connectivity index (χ0n) is 12.0. The minimum Gasteiger partial charge on any atom is -0.497 e. The van der Waals surface area contributed by atoms with Gasteiger partial charge in [0.05, 0.1) is 7.11 Å². The van der Waals surface area contributed by atoms with Gasteiger partial charge in [0.25, 0.3) is 0 Å². The molecule has 0 bridgehead atoms. The number of benzene rings is 1. The van der Waals surface area contributed by atoms with Gasteiger partial charge in [-0.15, -0.1) is 0 Å². The van der Waals surface area contributed by atoms with Crippen molar-refractivity contribution in [2.45, 2.75) is 23.5 Å². The van der Waals surface area contributed by atoms with E-state index in [-0.39, 0.29) is 0 Å². The molecule has 21 heavy (non-hydrogen) atoms. The summed E-state index contributed by atoms with van der Waals surface area (Å²) in [6, 6.07) is 9.57. The number of aromatic nitrogens is 2. The molecule has 0 aliphatic heterocycles. The number of hydrogen-bond donors (Lipinski definition) is 2. The molecule has 0 aliphatic carbocycles. The Labute approximate surface area is 128 Å². The summed E-state index contributed by atoms with van der Waals surface area (Å²) in [5, 5.41) is 0.793. The third kappa shape index (κ3) is 4.59. The Morgan fingerprint density at radius 3 is 2.86 bits per heavy atom. The highest BCUT2D eigenvalue weighted by atomic mass is 32.2. The van der Waals surface area contributed by atoms with Crippen molar-refractivity contribution in [3.63, 3.8) is 0 Å². The molecule has 1 aromatic heterocycles. The molecule has 1 aromatic carbocycles. The molecule has 0 atom stereocenters. The van der Waals surface area contributed by atoms with Gasteiger partial charge in [0.2, 0.25) is 0 Å². The van der Waals surface area contributed by atoms with Crippen LogP contribution < -0.4 is 16.0 Å². The molecule has 6 nitrogen and oxygen atoms in total. The summed E-state index contributed by atoms with van der Waals surface area (Å²) in [4.78, 5) is 9.74. The van der Waals surface area contributed by atoms with Crippen molar-refractivity contribution < 1.29 is 9.47 Å². The number of nitrogens with two attached hydrogens (primary N) is 1. The molecule has 0 saturated carbocycles. The number of nitrogens with zero attached hydrogens (tertiary/aromatic N) is 2. The second kappa shape index (κ2) is 7.82. The van der Waals surface area contributed by atoms with Crippen LogP contribution in [0.25, 0.3) is 0 Å². The first kappa shape index (κ1) is 15.6. The maximum Gasteiger partial charge on any atom is 0.157 e. The van der Waals surface area contributed by atoms with Crippen LogP contribution in [-0.2, 0) is 11.3 Å². The van der Waals surface area contributed by atoms with Crippen molar-refractivity contribution in [1.29, 1.82) is 0 Å². The monoisotopic (exact) mass is 306 g/mol.